The summed E-state index contributed by atoms with van der Waals surface area (Å²) in [6, 6.07) is 3.67. The lowest BCUT2D eigenvalue weighted by Crippen LogP contribution is -2.40. The first-order valence-corrected chi connectivity index (χ1v) is 18.0. The number of aryl methyl sites for hydroxylation is 1. The Morgan fingerprint density at radius 3 is 1.50 bits per heavy atom. The normalized spacial score (nSPS) is 11.7. The van der Waals surface area contributed by atoms with Crippen LogP contribution in [0.1, 0.15) is 153 Å². The monoisotopic (exact) mass is 609 g/mol. The number of nitrogens with zero attached hydrogens (tertiary/aromatic N) is 1. The molecule has 0 fully saturated rings. The van der Waals surface area contributed by atoms with Gasteiger partial charge in [0.25, 0.3) is 10.1 Å². The second-order valence-corrected chi connectivity index (χ2v) is 12.7. The van der Waals surface area contributed by atoms with Crippen LogP contribution in [0.2, 0.25) is 0 Å². The summed E-state index contributed by atoms with van der Waals surface area (Å²) in [5, 5.41) is 8.92. The van der Waals surface area contributed by atoms with Gasteiger partial charge in [0.15, 0.2) is 11.9 Å². The van der Waals surface area contributed by atoms with Gasteiger partial charge in [0.2, 0.25) is 0 Å². The van der Waals surface area contributed by atoms with Gasteiger partial charge in [0.1, 0.15) is 0 Å². The Balaban J connectivity index is 0.00000183. The van der Waals surface area contributed by atoms with Crippen LogP contribution in [0, 0.1) is 5.41 Å². The molecule has 0 atom stereocenters. The van der Waals surface area contributed by atoms with Crippen molar-refractivity contribution in [2.75, 3.05) is 7.05 Å². The smallest absolute Gasteiger partial charge is 0.294 e. The van der Waals surface area contributed by atoms with Gasteiger partial charge in [0, 0.05) is 7.05 Å². The van der Waals surface area contributed by atoms with Crippen LogP contribution in [0.4, 0.5) is 0 Å². The molecule has 0 unspecified atom stereocenters. The van der Waals surface area contributed by atoms with Crippen molar-refractivity contribution in [1.29, 1.82) is 5.41 Å². The van der Waals surface area contributed by atoms with Gasteiger partial charge in [0.05, 0.1) is 4.90 Å². The minimum Gasteiger partial charge on any atom is -0.370 e. The SMILES string of the molecule is CCCCCCCCc1ccc(S(=O)(=O)O)c(CCCCCCCC)c1CCCCCCCC.CN=C(N)NC(=N)N. The van der Waals surface area contributed by atoms with Gasteiger partial charge in [-0.3, -0.25) is 20.3 Å². The summed E-state index contributed by atoms with van der Waals surface area (Å²) < 4.78 is 34.5. The van der Waals surface area contributed by atoms with Crippen molar-refractivity contribution in [1.82, 2.24) is 5.32 Å². The van der Waals surface area contributed by atoms with Crippen molar-refractivity contribution in [3.05, 3.63) is 28.8 Å². The van der Waals surface area contributed by atoms with Crippen molar-refractivity contribution < 1.29 is 13.0 Å². The zero-order valence-corrected chi connectivity index (χ0v) is 28.1. The van der Waals surface area contributed by atoms with E-state index in [1.54, 1.807) is 6.07 Å². The Hall–Kier alpha value is -2.13. The standard InChI is InChI=1S/C30H54O3S.C3H9N5/c1-4-7-10-13-16-19-22-27-25-26-30(34(31,32)33)29(24-21-18-15-12-9-6-3)28(27)23-20-17-14-11-8-5-2;1-7-3(6)8-2(4)5/h25-26H,4-24H2,1-3H3,(H,31,32,33);1H3,(H6,4,5,6,7,8). The van der Waals surface area contributed by atoms with Crippen LogP contribution in [-0.2, 0) is 29.4 Å². The van der Waals surface area contributed by atoms with E-state index in [4.69, 9.17) is 16.9 Å². The number of guanidine groups is 2. The fourth-order valence-corrected chi connectivity index (χ4v) is 6.01. The lowest BCUT2D eigenvalue weighted by molar-refractivity contribution is 0.481. The van der Waals surface area contributed by atoms with Crippen LogP contribution < -0.4 is 16.8 Å². The molecule has 0 heterocycles. The average molecular weight is 610 g/mol. The molecule has 0 spiro atoms. The van der Waals surface area contributed by atoms with Gasteiger partial charge in [-0.1, -0.05) is 123 Å². The van der Waals surface area contributed by atoms with E-state index in [1.807, 2.05) is 6.07 Å². The van der Waals surface area contributed by atoms with E-state index in [9.17, 15) is 13.0 Å². The molecule has 1 aromatic rings. The number of benzene rings is 1. The summed E-state index contributed by atoms with van der Waals surface area (Å²) in [5.41, 5.74) is 13.4. The van der Waals surface area contributed by atoms with Crippen molar-refractivity contribution >= 4 is 22.0 Å². The van der Waals surface area contributed by atoms with E-state index in [0.717, 1.165) is 50.5 Å². The number of unbranched alkanes of at least 4 members (excludes halogenated alkanes) is 15. The highest BCUT2D eigenvalue weighted by molar-refractivity contribution is 7.85. The summed E-state index contributed by atoms with van der Waals surface area (Å²) in [7, 11) is -2.70. The van der Waals surface area contributed by atoms with Crippen molar-refractivity contribution in [3.63, 3.8) is 0 Å². The van der Waals surface area contributed by atoms with E-state index in [0.29, 0.717) is 0 Å². The molecule has 8 nitrogen and oxygen atoms in total. The van der Waals surface area contributed by atoms with Crippen molar-refractivity contribution in [2.24, 2.45) is 16.5 Å². The predicted molar refractivity (Wildman–Crippen MR) is 180 cm³/mol. The van der Waals surface area contributed by atoms with Gasteiger partial charge in [-0.05, 0) is 61.3 Å². The van der Waals surface area contributed by atoms with Crippen LogP contribution in [-0.4, -0.2) is 31.9 Å². The van der Waals surface area contributed by atoms with Crippen LogP contribution in [0.3, 0.4) is 0 Å². The topological polar surface area (TPSA) is 155 Å². The third-order valence-electron chi connectivity index (χ3n) is 7.63. The van der Waals surface area contributed by atoms with Crippen LogP contribution in [0.25, 0.3) is 0 Å². The molecule has 0 saturated heterocycles. The number of nitrogens with two attached hydrogens (primary N) is 2. The van der Waals surface area contributed by atoms with Crippen LogP contribution in [0.15, 0.2) is 22.0 Å². The Morgan fingerprint density at radius 1 is 0.714 bits per heavy atom. The average Bonchev–Trinajstić information content (AvgIpc) is 2.94. The fourth-order valence-electron chi connectivity index (χ4n) is 5.24. The highest BCUT2D eigenvalue weighted by Gasteiger charge is 2.20. The van der Waals surface area contributed by atoms with Gasteiger partial charge in [-0.2, -0.15) is 8.42 Å². The molecule has 9 heteroatoms. The Bertz CT molecular complexity index is 980. The van der Waals surface area contributed by atoms with Gasteiger partial charge < -0.3 is 11.5 Å². The molecule has 42 heavy (non-hydrogen) atoms. The molecule has 1 aromatic carbocycles. The third-order valence-corrected chi connectivity index (χ3v) is 8.57. The molecule has 0 aliphatic rings. The highest BCUT2D eigenvalue weighted by Crippen LogP contribution is 2.29. The minimum absolute atomic E-state index is 0.150. The molecule has 244 valence electrons. The lowest BCUT2D eigenvalue weighted by Gasteiger charge is -2.18. The zero-order chi connectivity index (χ0) is 31.6. The molecule has 0 aromatic heterocycles. The minimum atomic E-state index is -4.20. The predicted octanol–water partition coefficient (Wildman–Crippen LogP) is 8.06. The molecule has 0 radical (unpaired) electrons. The third kappa shape index (κ3) is 19.9. The summed E-state index contributed by atoms with van der Waals surface area (Å²) in [6.07, 6.45) is 24.8. The van der Waals surface area contributed by atoms with E-state index in [-0.39, 0.29) is 16.8 Å². The summed E-state index contributed by atoms with van der Waals surface area (Å²) >= 11 is 0. The molecule has 7 N–H and O–H groups in total. The maximum Gasteiger partial charge on any atom is 0.294 e. The maximum atomic E-state index is 12.3. The van der Waals surface area contributed by atoms with E-state index < -0.39 is 10.1 Å². The molecule has 0 saturated carbocycles. The van der Waals surface area contributed by atoms with Crippen molar-refractivity contribution in [3.8, 4) is 0 Å². The van der Waals surface area contributed by atoms with Gasteiger partial charge >= 0.3 is 0 Å². The first-order chi connectivity index (χ1) is 20.1. The lowest BCUT2D eigenvalue weighted by atomic mass is 9.90. The number of rotatable bonds is 22. The highest BCUT2D eigenvalue weighted by atomic mass is 32.2. The Morgan fingerprint density at radius 2 is 1.12 bits per heavy atom. The Kier molecular flexibility index (Phi) is 24.1. The van der Waals surface area contributed by atoms with Gasteiger partial charge in [-0.25, -0.2) is 0 Å². The van der Waals surface area contributed by atoms with Crippen LogP contribution in [0.5, 0.6) is 0 Å². The second kappa shape index (κ2) is 25.4. The van der Waals surface area contributed by atoms with E-state index >= 15 is 0 Å². The number of hydrogen-bond donors (Lipinski definition) is 5. The number of hydrogen-bond acceptors (Lipinski definition) is 4. The molecular weight excluding hydrogens is 546 g/mol. The first kappa shape index (κ1) is 39.9. The molecule has 0 amide bonds. The first-order valence-electron chi connectivity index (χ1n) is 16.6. The largest absolute Gasteiger partial charge is 0.370 e. The molecule has 0 aliphatic carbocycles. The molecule has 0 bridgehead atoms. The van der Waals surface area contributed by atoms with Crippen LogP contribution >= 0.6 is 0 Å². The summed E-state index contributed by atoms with van der Waals surface area (Å²) in [4.78, 5) is 3.65. The fraction of sp³-hybridized carbons (Fsp3) is 0.758. The van der Waals surface area contributed by atoms with E-state index in [2.05, 4.69) is 31.1 Å². The second-order valence-electron chi connectivity index (χ2n) is 11.4. The van der Waals surface area contributed by atoms with Gasteiger partial charge in [-0.15, -0.1) is 0 Å². The summed E-state index contributed by atoms with van der Waals surface area (Å²) in [6.45, 7) is 6.71. The molecular formula is C33H63N5O3S. The molecule has 1 rings (SSSR count). The summed E-state index contributed by atoms with van der Waals surface area (Å²) in [5.74, 6) is -0.0504. The van der Waals surface area contributed by atoms with E-state index in [1.165, 1.54) is 108 Å². The zero-order valence-electron chi connectivity index (χ0n) is 27.3. The Labute approximate surface area is 258 Å². The van der Waals surface area contributed by atoms with Crippen molar-refractivity contribution in [2.45, 2.75) is 161 Å². The molecule has 0 aliphatic heterocycles. The number of aliphatic imine (C=N–C) groups is 1. The maximum absolute atomic E-state index is 12.3. The quantitative estimate of drug-likeness (QED) is 0.0387. The number of nitrogens with one attached hydrogen (secondary N) is 2.